The summed E-state index contributed by atoms with van der Waals surface area (Å²) in [5, 5.41) is 3.00. The van der Waals surface area contributed by atoms with Gasteiger partial charge in [-0.1, -0.05) is 13.8 Å². The molecule has 0 aromatic carbocycles. The van der Waals surface area contributed by atoms with Crippen LogP contribution in [0.5, 0.6) is 0 Å². The van der Waals surface area contributed by atoms with Crippen molar-refractivity contribution in [3.63, 3.8) is 0 Å². The molecule has 0 aliphatic carbocycles. The topological polar surface area (TPSA) is 67.6 Å². The molecule has 0 radical (unpaired) electrons. The van der Waals surface area contributed by atoms with Crippen LogP contribution in [0.2, 0.25) is 0 Å². The van der Waals surface area contributed by atoms with Crippen molar-refractivity contribution in [2.45, 2.75) is 32.8 Å². The van der Waals surface area contributed by atoms with Crippen LogP contribution in [0, 0.1) is 11.8 Å². The fourth-order valence-electron chi connectivity index (χ4n) is 2.56. The molecular formula is C14H29N3O2. The summed E-state index contributed by atoms with van der Waals surface area (Å²) in [6.45, 7) is 9.05. The Morgan fingerprint density at radius 3 is 2.84 bits per heavy atom. The first kappa shape index (κ1) is 16.4. The number of nitrogens with two attached hydrogens (primary N) is 1. The molecule has 1 rings (SSSR count). The lowest BCUT2D eigenvalue weighted by molar-refractivity contribution is -0.123. The predicted octanol–water partition coefficient (Wildman–Crippen LogP) is 0.444. The Bertz CT molecular complexity index is 267. The first-order valence-electron chi connectivity index (χ1n) is 7.27. The summed E-state index contributed by atoms with van der Waals surface area (Å²) in [5.74, 6) is 1.33. The van der Waals surface area contributed by atoms with E-state index in [1.807, 2.05) is 0 Å². The normalized spacial score (nSPS) is 21.8. The zero-order valence-corrected chi connectivity index (χ0v) is 12.5. The van der Waals surface area contributed by atoms with Gasteiger partial charge in [0, 0.05) is 33.3 Å². The van der Waals surface area contributed by atoms with Crippen molar-refractivity contribution in [3.05, 3.63) is 0 Å². The number of amides is 1. The monoisotopic (exact) mass is 271 g/mol. The van der Waals surface area contributed by atoms with Crippen LogP contribution < -0.4 is 11.1 Å². The number of rotatable bonds is 8. The number of nitrogens with zero attached hydrogens (tertiary/aromatic N) is 1. The molecule has 112 valence electrons. The number of nitrogens with one attached hydrogen (secondary N) is 1. The van der Waals surface area contributed by atoms with E-state index in [4.69, 9.17) is 10.5 Å². The van der Waals surface area contributed by atoms with Crippen LogP contribution in [-0.2, 0) is 9.53 Å². The van der Waals surface area contributed by atoms with Gasteiger partial charge < -0.3 is 20.7 Å². The number of likely N-dealkylation sites (tertiary alicyclic amines) is 1. The number of methoxy groups -OCH3 is 1. The lowest BCUT2D eigenvalue weighted by Crippen LogP contribution is -2.35. The number of hydrogen-bond acceptors (Lipinski definition) is 4. The van der Waals surface area contributed by atoms with Crippen molar-refractivity contribution >= 4 is 5.91 Å². The number of hydrogen-bond donors (Lipinski definition) is 2. The predicted molar refractivity (Wildman–Crippen MR) is 76.9 cm³/mol. The highest BCUT2D eigenvalue weighted by Gasteiger charge is 2.23. The Balaban J connectivity index is 2.17. The molecule has 19 heavy (non-hydrogen) atoms. The van der Waals surface area contributed by atoms with Crippen LogP contribution in [0.15, 0.2) is 0 Å². The van der Waals surface area contributed by atoms with Crippen LogP contribution >= 0.6 is 0 Å². The van der Waals surface area contributed by atoms with E-state index in [-0.39, 0.29) is 12.0 Å². The summed E-state index contributed by atoms with van der Waals surface area (Å²) in [5.41, 5.74) is 5.50. The molecule has 0 aromatic heterocycles. The third-order valence-corrected chi connectivity index (χ3v) is 3.59. The molecule has 0 spiro atoms. The summed E-state index contributed by atoms with van der Waals surface area (Å²) in [6, 6.07) is 0. The number of carbonyl (C=O) groups excluding carboxylic acids is 1. The van der Waals surface area contributed by atoms with Gasteiger partial charge in [0.1, 0.15) is 0 Å². The van der Waals surface area contributed by atoms with Crippen LogP contribution in [0.1, 0.15) is 26.7 Å². The molecule has 5 nitrogen and oxygen atoms in total. The van der Waals surface area contributed by atoms with Gasteiger partial charge in [0.05, 0.1) is 12.5 Å². The number of ether oxygens (including phenoxy) is 1. The zero-order valence-electron chi connectivity index (χ0n) is 12.5. The first-order valence-corrected chi connectivity index (χ1v) is 7.27. The van der Waals surface area contributed by atoms with Crippen molar-refractivity contribution in [3.8, 4) is 0 Å². The highest BCUT2D eigenvalue weighted by molar-refractivity contribution is 5.76. The Morgan fingerprint density at radius 2 is 2.26 bits per heavy atom. The Kier molecular flexibility index (Phi) is 7.34. The second-order valence-corrected chi connectivity index (χ2v) is 5.91. The fourth-order valence-corrected chi connectivity index (χ4v) is 2.56. The van der Waals surface area contributed by atoms with Gasteiger partial charge in [0.2, 0.25) is 5.91 Å². The smallest absolute Gasteiger partial charge is 0.222 e. The van der Waals surface area contributed by atoms with Gasteiger partial charge in [-0.15, -0.1) is 0 Å². The molecule has 2 unspecified atom stereocenters. The van der Waals surface area contributed by atoms with Gasteiger partial charge in [-0.3, -0.25) is 4.79 Å². The van der Waals surface area contributed by atoms with E-state index < -0.39 is 0 Å². The second kappa shape index (κ2) is 8.51. The maximum Gasteiger partial charge on any atom is 0.222 e. The van der Waals surface area contributed by atoms with Crippen molar-refractivity contribution < 1.29 is 9.53 Å². The maximum atomic E-state index is 11.7. The van der Waals surface area contributed by atoms with Crippen LogP contribution in [0.4, 0.5) is 0 Å². The maximum absolute atomic E-state index is 11.7. The molecule has 5 heteroatoms. The van der Waals surface area contributed by atoms with E-state index >= 15 is 0 Å². The average molecular weight is 271 g/mol. The summed E-state index contributed by atoms with van der Waals surface area (Å²) < 4.78 is 5.11. The summed E-state index contributed by atoms with van der Waals surface area (Å²) in [4.78, 5) is 14.2. The molecule has 0 saturated carbocycles. The van der Waals surface area contributed by atoms with Crippen molar-refractivity contribution in [2.75, 3.05) is 39.8 Å². The summed E-state index contributed by atoms with van der Waals surface area (Å²) >= 11 is 0. The van der Waals surface area contributed by atoms with Gasteiger partial charge in [0.25, 0.3) is 0 Å². The highest BCUT2D eigenvalue weighted by Crippen LogP contribution is 2.16. The molecule has 3 N–H and O–H groups in total. The van der Waals surface area contributed by atoms with E-state index in [1.165, 1.54) is 6.42 Å². The Labute approximate surface area is 116 Å². The molecule has 1 aliphatic heterocycles. The SMILES string of the molecule is COC(CN)CC(=O)NCC1CCN(CC(C)C)C1. The molecule has 2 atom stereocenters. The van der Waals surface area contributed by atoms with Crippen molar-refractivity contribution in [2.24, 2.45) is 17.6 Å². The van der Waals surface area contributed by atoms with E-state index in [9.17, 15) is 4.79 Å². The van der Waals surface area contributed by atoms with Gasteiger partial charge in [0.15, 0.2) is 0 Å². The third-order valence-electron chi connectivity index (χ3n) is 3.59. The van der Waals surface area contributed by atoms with E-state index in [2.05, 4.69) is 24.1 Å². The van der Waals surface area contributed by atoms with Gasteiger partial charge >= 0.3 is 0 Å². The summed E-state index contributed by atoms with van der Waals surface area (Å²) in [7, 11) is 1.59. The second-order valence-electron chi connectivity index (χ2n) is 5.91. The van der Waals surface area contributed by atoms with Crippen LogP contribution in [0.3, 0.4) is 0 Å². The fraction of sp³-hybridized carbons (Fsp3) is 0.929. The molecule has 1 fully saturated rings. The standard InChI is InChI=1S/C14H29N3O2/c1-11(2)9-17-5-4-12(10-17)8-16-14(18)6-13(7-15)19-3/h11-13H,4-10,15H2,1-3H3,(H,16,18). The van der Waals surface area contributed by atoms with Gasteiger partial charge in [-0.2, -0.15) is 0 Å². The largest absolute Gasteiger partial charge is 0.380 e. The molecular weight excluding hydrogens is 242 g/mol. The summed E-state index contributed by atoms with van der Waals surface area (Å²) in [6.07, 6.45) is 1.37. The van der Waals surface area contributed by atoms with Gasteiger partial charge in [-0.25, -0.2) is 0 Å². The van der Waals surface area contributed by atoms with E-state index in [0.717, 1.165) is 26.2 Å². The molecule has 0 aromatic rings. The minimum absolute atomic E-state index is 0.0413. The van der Waals surface area contributed by atoms with Gasteiger partial charge in [-0.05, 0) is 24.8 Å². The van der Waals surface area contributed by atoms with Crippen molar-refractivity contribution in [1.29, 1.82) is 0 Å². The molecule has 0 bridgehead atoms. The van der Waals surface area contributed by atoms with E-state index in [1.54, 1.807) is 7.11 Å². The quantitative estimate of drug-likeness (QED) is 0.672. The number of carbonyl (C=O) groups is 1. The zero-order chi connectivity index (χ0) is 14.3. The molecule has 1 aliphatic rings. The molecule has 1 saturated heterocycles. The van der Waals surface area contributed by atoms with Crippen LogP contribution in [-0.4, -0.2) is 56.7 Å². The van der Waals surface area contributed by atoms with Crippen molar-refractivity contribution in [1.82, 2.24) is 10.2 Å². The minimum Gasteiger partial charge on any atom is -0.380 e. The lowest BCUT2D eigenvalue weighted by atomic mass is 10.1. The lowest BCUT2D eigenvalue weighted by Gasteiger charge is -2.18. The minimum atomic E-state index is -0.166. The molecule has 1 heterocycles. The highest BCUT2D eigenvalue weighted by atomic mass is 16.5. The third kappa shape index (κ3) is 6.36. The Morgan fingerprint density at radius 1 is 1.53 bits per heavy atom. The first-order chi connectivity index (χ1) is 9.05. The molecule has 1 amide bonds. The average Bonchev–Trinajstić information content (AvgIpc) is 2.80. The van der Waals surface area contributed by atoms with Crippen LogP contribution in [0.25, 0.3) is 0 Å². The van der Waals surface area contributed by atoms with E-state index in [0.29, 0.717) is 24.8 Å². The Hall–Kier alpha value is -0.650.